The van der Waals surface area contributed by atoms with Crippen LogP contribution in [-0.4, -0.2) is 23.4 Å². The average Bonchev–Trinajstić information content (AvgIpc) is 2.77. The SMILES string of the molecule is CCCC[N+]1=Cc2cc(C)cc(C)c2C(c2ccccc2)=CC1C(C)C. The van der Waals surface area contributed by atoms with Crippen LogP contribution in [0.3, 0.4) is 0 Å². The molecule has 0 N–H and O–H groups in total. The highest BCUT2D eigenvalue weighted by Gasteiger charge is 2.28. The lowest BCUT2D eigenvalue weighted by Crippen LogP contribution is -2.31. The summed E-state index contributed by atoms with van der Waals surface area (Å²) in [6.45, 7) is 12.5. The topological polar surface area (TPSA) is 3.01 Å². The summed E-state index contributed by atoms with van der Waals surface area (Å²) >= 11 is 0. The molecule has 1 heterocycles. The van der Waals surface area contributed by atoms with E-state index in [0.717, 1.165) is 6.54 Å². The summed E-state index contributed by atoms with van der Waals surface area (Å²) in [4.78, 5) is 0. The van der Waals surface area contributed by atoms with Gasteiger partial charge in [-0.15, -0.1) is 0 Å². The Morgan fingerprint density at radius 2 is 1.77 bits per heavy atom. The molecular weight excluding hydrogens is 314 g/mol. The molecule has 0 aliphatic carbocycles. The van der Waals surface area contributed by atoms with Gasteiger partial charge in [0.2, 0.25) is 0 Å². The van der Waals surface area contributed by atoms with E-state index in [2.05, 4.69) is 93.9 Å². The van der Waals surface area contributed by atoms with E-state index in [1.54, 1.807) is 0 Å². The average molecular weight is 347 g/mol. The first-order valence-corrected chi connectivity index (χ1v) is 10.0. The number of nitrogens with zero attached hydrogens (tertiary/aromatic N) is 1. The van der Waals surface area contributed by atoms with Gasteiger partial charge in [-0.1, -0.05) is 69.2 Å². The van der Waals surface area contributed by atoms with Crippen LogP contribution in [-0.2, 0) is 0 Å². The fourth-order valence-electron chi connectivity index (χ4n) is 4.07. The first-order chi connectivity index (χ1) is 12.5. The van der Waals surface area contributed by atoms with Crippen molar-refractivity contribution in [3.8, 4) is 0 Å². The van der Waals surface area contributed by atoms with Gasteiger partial charge in [-0.25, -0.2) is 4.58 Å². The van der Waals surface area contributed by atoms with Crippen LogP contribution in [0.25, 0.3) is 5.57 Å². The molecule has 1 heteroatoms. The second kappa shape index (κ2) is 8.03. The zero-order valence-corrected chi connectivity index (χ0v) is 16.9. The molecule has 0 saturated heterocycles. The van der Waals surface area contributed by atoms with Gasteiger partial charge in [0.05, 0.1) is 0 Å². The van der Waals surface area contributed by atoms with Crippen molar-refractivity contribution in [1.82, 2.24) is 0 Å². The molecule has 1 aliphatic rings. The third-order valence-electron chi connectivity index (χ3n) is 5.34. The third-order valence-corrected chi connectivity index (χ3v) is 5.34. The zero-order chi connectivity index (χ0) is 18.7. The maximum absolute atomic E-state index is 2.57. The van der Waals surface area contributed by atoms with Gasteiger partial charge >= 0.3 is 0 Å². The van der Waals surface area contributed by atoms with E-state index in [-0.39, 0.29) is 0 Å². The zero-order valence-electron chi connectivity index (χ0n) is 16.9. The summed E-state index contributed by atoms with van der Waals surface area (Å²) in [5.41, 5.74) is 8.15. The van der Waals surface area contributed by atoms with Crippen LogP contribution >= 0.6 is 0 Å². The number of benzene rings is 2. The Hall–Kier alpha value is -2.15. The number of hydrogen-bond donors (Lipinski definition) is 0. The highest BCUT2D eigenvalue weighted by Crippen LogP contribution is 2.33. The molecule has 26 heavy (non-hydrogen) atoms. The Bertz CT molecular complexity index is 825. The molecule has 0 radical (unpaired) electrons. The maximum atomic E-state index is 2.57. The Labute approximate surface area is 159 Å². The van der Waals surface area contributed by atoms with Crippen LogP contribution < -0.4 is 0 Å². The smallest absolute Gasteiger partial charge is 0.174 e. The summed E-state index contributed by atoms with van der Waals surface area (Å²) in [6.07, 6.45) is 7.39. The van der Waals surface area contributed by atoms with Gasteiger partial charge in [-0.2, -0.15) is 0 Å². The van der Waals surface area contributed by atoms with Gasteiger partial charge < -0.3 is 0 Å². The van der Waals surface area contributed by atoms with Crippen LogP contribution in [0, 0.1) is 19.8 Å². The first kappa shape index (κ1) is 18.6. The molecule has 0 fully saturated rings. The molecule has 2 aromatic rings. The molecule has 0 amide bonds. The Kier molecular flexibility index (Phi) is 5.76. The van der Waals surface area contributed by atoms with Gasteiger partial charge in [-0.05, 0) is 48.3 Å². The number of aryl methyl sites for hydroxylation is 2. The minimum atomic E-state index is 0.420. The van der Waals surface area contributed by atoms with Crippen molar-refractivity contribution >= 4 is 11.8 Å². The van der Waals surface area contributed by atoms with E-state index < -0.39 is 0 Å². The molecule has 1 nitrogen and oxygen atoms in total. The van der Waals surface area contributed by atoms with Crippen molar-refractivity contribution in [2.45, 2.75) is 53.5 Å². The van der Waals surface area contributed by atoms with Crippen molar-refractivity contribution in [1.29, 1.82) is 0 Å². The van der Waals surface area contributed by atoms with Gasteiger partial charge in [-0.3, -0.25) is 0 Å². The molecule has 136 valence electrons. The minimum absolute atomic E-state index is 0.420. The monoisotopic (exact) mass is 346 g/mol. The highest BCUT2D eigenvalue weighted by molar-refractivity contribution is 5.93. The molecule has 1 aliphatic heterocycles. The molecule has 0 bridgehead atoms. The fraction of sp³-hybridized carbons (Fsp3) is 0.400. The van der Waals surface area contributed by atoms with Gasteiger partial charge in [0.15, 0.2) is 12.3 Å². The fourth-order valence-corrected chi connectivity index (χ4v) is 4.07. The second-order valence-electron chi connectivity index (χ2n) is 7.95. The van der Waals surface area contributed by atoms with E-state index in [4.69, 9.17) is 0 Å². The lowest BCUT2D eigenvalue weighted by Gasteiger charge is -2.17. The predicted molar refractivity (Wildman–Crippen MR) is 113 cm³/mol. The summed E-state index contributed by atoms with van der Waals surface area (Å²) in [5.74, 6) is 0.567. The van der Waals surface area contributed by atoms with Crippen LogP contribution in [0.4, 0.5) is 0 Å². The molecule has 1 atom stereocenters. The quantitative estimate of drug-likeness (QED) is 0.584. The standard InChI is InChI=1S/C25H32N/c1-6-7-13-26-17-22-15-19(4)14-20(5)25(22)23(16-24(26)18(2)3)21-11-9-8-10-12-21/h8-12,14-18,24H,6-7,13H2,1-5H3/q+1. The van der Waals surface area contributed by atoms with Gasteiger partial charge in [0.1, 0.15) is 6.54 Å². The first-order valence-electron chi connectivity index (χ1n) is 10.0. The molecule has 0 aromatic heterocycles. The summed E-state index contributed by atoms with van der Waals surface area (Å²) in [6, 6.07) is 16.0. The number of unbranched alkanes of at least 4 members (excludes halogenated alkanes) is 1. The summed E-state index contributed by atoms with van der Waals surface area (Å²) in [7, 11) is 0. The van der Waals surface area contributed by atoms with E-state index in [1.165, 1.54) is 46.2 Å². The normalized spacial score (nSPS) is 16.8. The van der Waals surface area contributed by atoms with Crippen LogP contribution in [0.15, 0.2) is 48.5 Å². The van der Waals surface area contributed by atoms with E-state index in [9.17, 15) is 0 Å². The van der Waals surface area contributed by atoms with E-state index in [0.29, 0.717) is 12.0 Å². The second-order valence-corrected chi connectivity index (χ2v) is 7.95. The van der Waals surface area contributed by atoms with Crippen LogP contribution in [0.1, 0.15) is 61.4 Å². The van der Waals surface area contributed by atoms with Gasteiger partial charge in [0.25, 0.3) is 0 Å². The number of rotatable bonds is 5. The molecule has 2 aromatic carbocycles. The number of fused-ring (bicyclic) bond motifs is 1. The van der Waals surface area contributed by atoms with Crippen molar-refractivity contribution in [3.63, 3.8) is 0 Å². The van der Waals surface area contributed by atoms with E-state index in [1.807, 2.05) is 0 Å². The Balaban J connectivity index is 2.25. The molecule has 3 rings (SSSR count). The lowest BCUT2D eigenvalue weighted by molar-refractivity contribution is -0.557. The summed E-state index contributed by atoms with van der Waals surface area (Å²) in [5, 5.41) is 0. The molecule has 0 saturated carbocycles. The Morgan fingerprint density at radius 3 is 2.42 bits per heavy atom. The Morgan fingerprint density at radius 1 is 1.04 bits per heavy atom. The lowest BCUT2D eigenvalue weighted by atomic mass is 9.88. The number of hydrogen-bond acceptors (Lipinski definition) is 0. The van der Waals surface area contributed by atoms with Crippen molar-refractivity contribution in [2.75, 3.05) is 6.54 Å². The summed E-state index contributed by atoms with van der Waals surface area (Å²) < 4.78 is 2.57. The van der Waals surface area contributed by atoms with Crippen LogP contribution in [0.2, 0.25) is 0 Å². The van der Waals surface area contributed by atoms with Crippen molar-refractivity contribution in [2.24, 2.45) is 5.92 Å². The minimum Gasteiger partial charge on any atom is -0.229 e. The van der Waals surface area contributed by atoms with Gasteiger partial charge in [0, 0.05) is 17.9 Å². The van der Waals surface area contributed by atoms with Crippen molar-refractivity contribution < 1.29 is 4.58 Å². The molecular formula is C25H32N+. The molecule has 1 unspecified atom stereocenters. The predicted octanol–water partition coefficient (Wildman–Crippen LogP) is 6.00. The van der Waals surface area contributed by atoms with Crippen molar-refractivity contribution in [3.05, 3.63) is 76.4 Å². The molecule has 0 spiro atoms. The highest BCUT2D eigenvalue weighted by atomic mass is 15.0. The van der Waals surface area contributed by atoms with Crippen LogP contribution in [0.5, 0.6) is 0 Å². The third kappa shape index (κ3) is 3.82. The van der Waals surface area contributed by atoms with E-state index >= 15 is 0 Å². The largest absolute Gasteiger partial charge is 0.229 e. The maximum Gasteiger partial charge on any atom is 0.174 e.